The van der Waals surface area contributed by atoms with Crippen molar-refractivity contribution in [1.29, 1.82) is 0 Å². The van der Waals surface area contributed by atoms with Gasteiger partial charge in [-0.1, -0.05) is 25.1 Å². The molecule has 2 aromatic rings. The molecule has 1 N–H and O–H groups in total. The number of amides is 1. The molecule has 0 unspecified atom stereocenters. The first kappa shape index (κ1) is 17.6. The molecule has 5 heteroatoms. The summed E-state index contributed by atoms with van der Waals surface area (Å²) in [6.45, 7) is 7.89. The first-order chi connectivity index (χ1) is 12.7. The first-order valence-corrected chi connectivity index (χ1v) is 9.94. The summed E-state index contributed by atoms with van der Waals surface area (Å²) < 4.78 is 0. The van der Waals surface area contributed by atoms with Gasteiger partial charge >= 0.3 is 0 Å². The second-order valence-corrected chi connectivity index (χ2v) is 7.76. The van der Waals surface area contributed by atoms with Gasteiger partial charge in [-0.05, 0) is 37.4 Å². The zero-order chi connectivity index (χ0) is 18.1. The minimum atomic E-state index is 0.263. The number of aromatic nitrogens is 1. The van der Waals surface area contributed by atoms with Crippen molar-refractivity contribution in [3.05, 3.63) is 35.5 Å². The highest BCUT2D eigenvalue weighted by molar-refractivity contribution is 5.85. The van der Waals surface area contributed by atoms with E-state index in [2.05, 4.69) is 46.0 Å². The van der Waals surface area contributed by atoms with Crippen LogP contribution in [-0.2, 0) is 17.8 Å². The van der Waals surface area contributed by atoms with Crippen molar-refractivity contribution < 1.29 is 4.79 Å². The number of benzene rings is 1. The van der Waals surface area contributed by atoms with Crippen LogP contribution in [0.2, 0.25) is 0 Å². The van der Waals surface area contributed by atoms with Crippen LogP contribution in [0.4, 0.5) is 0 Å². The van der Waals surface area contributed by atoms with Gasteiger partial charge in [-0.25, -0.2) is 0 Å². The molecule has 1 aromatic heterocycles. The molecule has 1 fully saturated rings. The molecule has 0 atom stereocenters. The predicted molar refractivity (Wildman–Crippen MR) is 105 cm³/mol. The SMILES string of the molecule is CCN1CCC(N(C)C(=O)CN2CCc3c([nH]c4ccccc34)C2)CC1. The average Bonchev–Trinajstić information content (AvgIpc) is 3.05. The number of aromatic amines is 1. The Bertz CT molecular complexity index is 775. The van der Waals surface area contributed by atoms with Crippen LogP contribution >= 0.6 is 0 Å². The van der Waals surface area contributed by atoms with Gasteiger partial charge in [0.25, 0.3) is 0 Å². The Labute approximate surface area is 155 Å². The zero-order valence-corrected chi connectivity index (χ0v) is 16.0. The second kappa shape index (κ2) is 7.41. The normalized spacial score (nSPS) is 19.6. The van der Waals surface area contributed by atoms with Gasteiger partial charge in [0.15, 0.2) is 0 Å². The maximum atomic E-state index is 12.8. The molecular weight excluding hydrogens is 324 g/mol. The summed E-state index contributed by atoms with van der Waals surface area (Å²) in [5, 5.41) is 1.34. The van der Waals surface area contributed by atoms with E-state index >= 15 is 0 Å². The highest BCUT2D eigenvalue weighted by Gasteiger charge is 2.27. The highest BCUT2D eigenvalue weighted by Crippen LogP contribution is 2.27. The summed E-state index contributed by atoms with van der Waals surface area (Å²) in [5.41, 5.74) is 3.93. The Kier molecular flexibility index (Phi) is 5.00. The van der Waals surface area contributed by atoms with E-state index in [1.54, 1.807) is 0 Å². The van der Waals surface area contributed by atoms with Gasteiger partial charge in [-0.3, -0.25) is 9.69 Å². The lowest BCUT2D eigenvalue weighted by atomic mass is 10.0. The van der Waals surface area contributed by atoms with Gasteiger partial charge in [-0.15, -0.1) is 0 Å². The number of nitrogens with zero attached hydrogens (tertiary/aromatic N) is 3. The molecule has 0 spiro atoms. The lowest BCUT2D eigenvalue weighted by Crippen LogP contribution is -2.48. The number of likely N-dealkylation sites (tertiary alicyclic amines) is 1. The number of hydrogen-bond donors (Lipinski definition) is 1. The van der Waals surface area contributed by atoms with Crippen molar-refractivity contribution in [1.82, 2.24) is 19.7 Å². The van der Waals surface area contributed by atoms with Crippen LogP contribution in [0, 0.1) is 0 Å². The van der Waals surface area contributed by atoms with Crippen molar-refractivity contribution in [3.8, 4) is 0 Å². The minimum absolute atomic E-state index is 0.263. The van der Waals surface area contributed by atoms with E-state index in [4.69, 9.17) is 0 Å². The number of carbonyl (C=O) groups excluding carboxylic acids is 1. The van der Waals surface area contributed by atoms with E-state index in [0.29, 0.717) is 12.6 Å². The molecule has 2 aliphatic heterocycles. The molecule has 26 heavy (non-hydrogen) atoms. The molecule has 2 aliphatic rings. The van der Waals surface area contributed by atoms with E-state index < -0.39 is 0 Å². The molecule has 3 heterocycles. The van der Waals surface area contributed by atoms with E-state index in [1.807, 2.05) is 11.9 Å². The lowest BCUT2D eigenvalue weighted by Gasteiger charge is -2.37. The fraction of sp³-hybridized carbons (Fsp3) is 0.571. The van der Waals surface area contributed by atoms with Crippen LogP contribution in [-0.4, -0.2) is 71.4 Å². The Balaban J connectivity index is 1.36. The number of nitrogens with one attached hydrogen (secondary N) is 1. The molecule has 4 rings (SSSR count). The van der Waals surface area contributed by atoms with Crippen molar-refractivity contribution >= 4 is 16.8 Å². The topological polar surface area (TPSA) is 42.6 Å². The van der Waals surface area contributed by atoms with E-state index in [9.17, 15) is 4.79 Å². The smallest absolute Gasteiger partial charge is 0.236 e. The third kappa shape index (κ3) is 3.38. The van der Waals surface area contributed by atoms with Crippen LogP contribution in [0.1, 0.15) is 31.0 Å². The van der Waals surface area contributed by atoms with Gasteiger partial charge in [0.1, 0.15) is 0 Å². The molecule has 1 aromatic carbocycles. The number of likely N-dealkylation sites (N-methyl/N-ethyl adjacent to an activating group) is 1. The average molecular weight is 354 g/mol. The quantitative estimate of drug-likeness (QED) is 0.917. The number of para-hydroxylation sites is 1. The molecule has 140 valence electrons. The number of hydrogen-bond acceptors (Lipinski definition) is 3. The maximum Gasteiger partial charge on any atom is 0.236 e. The van der Waals surface area contributed by atoms with Gasteiger partial charge in [-0.2, -0.15) is 0 Å². The van der Waals surface area contributed by atoms with Gasteiger partial charge < -0.3 is 14.8 Å². The predicted octanol–water partition coefficient (Wildman–Crippen LogP) is 2.47. The summed E-state index contributed by atoms with van der Waals surface area (Å²) in [6, 6.07) is 8.91. The second-order valence-electron chi connectivity index (χ2n) is 7.76. The van der Waals surface area contributed by atoms with Crippen molar-refractivity contribution in [2.75, 3.05) is 39.8 Å². The summed E-state index contributed by atoms with van der Waals surface area (Å²) in [4.78, 5) is 23.1. The van der Waals surface area contributed by atoms with E-state index in [0.717, 1.165) is 52.0 Å². The molecule has 0 aliphatic carbocycles. The number of H-pyrrole nitrogens is 1. The largest absolute Gasteiger partial charge is 0.357 e. The van der Waals surface area contributed by atoms with Gasteiger partial charge in [0, 0.05) is 55.9 Å². The monoisotopic (exact) mass is 354 g/mol. The zero-order valence-electron chi connectivity index (χ0n) is 16.0. The summed E-state index contributed by atoms with van der Waals surface area (Å²) >= 11 is 0. The van der Waals surface area contributed by atoms with E-state index in [-0.39, 0.29) is 5.91 Å². The van der Waals surface area contributed by atoms with Crippen molar-refractivity contribution in [2.45, 2.75) is 38.8 Å². The van der Waals surface area contributed by atoms with Crippen LogP contribution < -0.4 is 0 Å². The van der Waals surface area contributed by atoms with Crippen molar-refractivity contribution in [3.63, 3.8) is 0 Å². The number of piperidine rings is 1. The molecule has 5 nitrogen and oxygen atoms in total. The Hall–Kier alpha value is -1.85. The summed E-state index contributed by atoms with van der Waals surface area (Å²) in [5.74, 6) is 0.263. The minimum Gasteiger partial charge on any atom is -0.357 e. The Morgan fingerprint density at radius 1 is 1.19 bits per heavy atom. The Morgan fingerprint density at radius 3 is 2.73 bits per heavy atom. The third-order valence-electron chi connectivity index (χ3n) is 6.27. The fourth-order valence-electron chi connectivity index (χ4n) is 4.51. The maximum absolute atomic E-state index is 12.8. The van der Waals surface area contributed by atoms with Crippen LogP contribution in [0.5, 0.6) is 0 Å². The fourth-order valence-corrected chi connectivity index (χ4v) is 4.51. The lowest BCUT2D eigenvalue weighted by molar-refractivity contribution is -0.134. The molecule has 0 radical (unpaired) electrons. The summed E-state index contributed by atoms with van der Waals surface area (Å²) in [7, 11) is 1.99. The van der Waals surface area contributed by atoms with E-state index in [1.165, 1.54) is 22.2 Å². The van der Waals surface area contributed by atoms with Crippen LogP contribution in [0.25, 0.3) is 10.9 Å². The van der Waals surface area contributed by atoms with Gasteiger partial charge in [0.2, 0.25) is 5.91 Å². The summed E-state index contributed by atoms with van der Waals surface area (Å²) in [6.07, 6.45) is 3.22. The van der Waals surface area contributed by atoms with Crippen molar-refractivity contribution in [2.24, 2.45) is 0 Å². The van der Waals surface area contributed by atoms with Crippen LogP contribution in [0.15, 0.2) is 24.3 Å². The molecule has 1 amide bonds. The molecular formula is C21H30N4O. The third-order valence-corrected chi connectivity index (χ3v) is 6.27. The first-order valence-electron chi connectivity index (χ1n) is 9.94. The number of fused-ring (bicyclic) bond motifs is 3. The molecule has 0 bridgehead atoms. The highest BCUT2D eigenvalue weighted by atomic mass is 16.2. The van der Waals surface area contributed by atoms with Gasteiger partial charge in [0.05, 0.1) is 6.54 Å². The molecule has 0 saturated carbocycles. The molecule has 1 saturated heterocycles. The van der Waals surface area contributed by atoms with Crippen LogP contribution in [0.3, 0.4) is 0 Å². The Morgan fingerprint density at radius 2 is 1.96 bits per heavy atom. The standard InChI is InChI=1S/C21H30N4O/c1-3-24-11-8-16(9-12-24)23(2)21(26)15-25-13-10-18-17-6-4-5-7-19(17)22-20(18)14-25/h4-7,16,22H,3,8-15H2,1-2H3. The number of carbonyl (C=O) groups is 1. The number of rotatable bonds is 4.